The second-order valence-corrected chi connectivity index (χ2v) is 5.82. The lowest BCUT2D eigenvalue weighted by Crippen LogP contribution is -1.98. The van der Waals surface area contributed by atoms with Crippen molar-refractivity contribution in [3.05, 3.63) is 58.4 Å². The molecule has 0 fully saturated rings. The Bertz CT molecular complexity index is 603. The molecule has 1 heteroatoms. The minimum Gasteiger partial charge on any atom is -0.206 e. The van der Waals surface area contributed by atoms with Crippen LogP contribution in [0.5, 0.6) is 0 Å². The van der Waals surface area contributed by atoms with Crippen molar-refractivity contribution in [2.24, 2.45) is 0 Å². The summed E-state index contributed by atoms with van der Waals surface area (Å²) in [5.41, 5.74) is 6.51. The molecule has 0 amide bonds. The Kier molecular flexibility index (Phi) is 4.27. The summed E-state index contributed by atoms with van der Waals surface area (Å²) in [6.45, 7) is 10.6. The first-order chi connectivity index (χ1) is 9.43. The van der Waals surface area contributed by atoms with Crippen LogP contribution in [-0.4, -0.2) is 0 Å². The largest absolute Gasteiger partial charge is 0.206 e. The predicted octanol–water partition coefficient (Wildman–Crippen LogP) is 5.93. The molecule has 0 saturated carbocycles. The van der Waals surface area contributed by atoms with E-state index in [0.29, 0.717) is 5.92 Å². The zero-order chi connectivity index (χ0) is 14.9. The van der Waals surface area contributed by atoms with Crippen LogP contribution in [0.3, 0.4) is 0 Å². The van der Waals surface area contributed by atoms with Gasteiger partial charge in [-0.2, -0.15) is 0 Å². The standard InChI is InChI=1S/C19H23F/c1-6-13(3)16-10-14(4)19(15(5)11-16)17-9-12(2)7-8-18(17)20/h7-11,13H,6H2,1-5H3. The van der Waals surface area contributed by atoms with Crippen molar-refractivity contribution in [1.82, 2.24) is 0 Å². The summed E-state index contributed by atoms with van der Waals surface area (Å²) in [6, 6.07) is 9.73. The van der Waals surface area contributed by atoms with Gasteiger partial charge in [-0.05, 0) is 67.5 Å². The van der Waals surface area contributed by atoms with Gasteiger partial charge in [-0.15, -0.1) is 0 Å². The molecule has 0 aromatic heterocycles. The highest BCUT2D eigenvalue weighted by Gasteiger charge is 2.13. The van der Waals surface area contributed by atoms with Gasteiger partial charge in [0.2, 0.25) is 0 Å². The lowest BCUT2D eigenvalue weighted by molar-refractivity contribution is 0.630. The molecule has 0 spiro atoms. The number of hydrogen-bond donors (Lipinski definition) is 0. The topological polar surface area (TPSA) is 0 Å². The van der Waals surface area contributed by atoms with Crippen LogP contribution in [0.1, 0.15) is 48.4 Å². The van der Waals surface area contributed by atoms with Crippen LogP contribution in [-0.2, 0) is 0 Å². The van der Waals surface area contributed by atoms with Crippen LogP contribution in [0.25, 0.3) is 11.1 Å². The van der Waals surface area contributed by atoms with Crippen LogP contribution >= 0.6 is 0 Å². The Morgan fingerprint density at radius 1 is 1.00 bits per heavy atom. The van der Waals surface area contributed by atoms with Crippen molar-refractivity contribution in [3.8, 4) is 11.1 Å². The lowest BCUT2D eigenvalue weighted by atomic mass is 9.88. The van der Waals surface area contributed by atoms with Crippen molar-refractivity contribution in [1.29, 1.82) is 0 Å². The van der Waals surface area contributed by atoms with E-state index in [2.05, 4.69) is 39.8 Å². The lowest BCUT2D eigenvalue weighted by Gasteiger charge is -2.17. The summed E-state index contributed by atoms with van der Waals surface area (Å²) >= 11 is 0. The quantitative estimate of drug-likeness (QED) is 0.648. The maximum absolute atomic E-state index is 14.1. The molecule has 2 aromatic carbocycles. The van der Waals surface area contributed by atoms with Gasteiger partial charge >= 0.3 is 0 Å². The van der Waals surface area contributed by atoms with E-state index in [9.17, 15) is 4.39 Å². The number of rotatable bonds is 3. The smallest absolute Gasteiger partial charge is 0.131 e. The van der Waals surface area contributed by atoms with E-state index in [1.54, 1.807) is 6.07 Å². The molecule has 0 N–H and O–H groups in total. The van der Waals surface area contributed by atoms with Crippen molar-refractivity contribution >= 4 is 0 Å². The average molecular weight is 270 g/mol. The first-order valence-corrected chi connectivity index (χ1v) is 7.31. The molecule has 0 aliphatic carbocycles. The zero-order valence-corrected chi connectivity index (χ0v) is 13.0. The SMILES string of the molecule is CCC(C)c1cc(C)c(-c2cc(C)ccc2F)c(C)c1. The number of aryl methyl sites for hydroxylation is 3. The van der Waals surface area contributed by atoms with E-state index in [1.165, 1.54) is 5.56 Å². The second-order valence-electron chi connectivity index (χ2n) is 5.82. The number of hydrogen-bond acceptors (Lipinski definition) is 0. The molecule has 2 aromatic rings. The highest BCUT2D eigenvalue weighted by Crippen LogP contribution is 2.33. The van der Waals surface area contributed by atoms with E-state index in [0.717, 1.165) is 34.2 Å². The summed E-state index contributed by atoms with van der Waals surface area (Å²) in [4.78, 5) is 0. The third kappa shape index (κ3) is 2.77. The van der Waals surface area contributed by atoms with Crippen LogP contribution in [0, 0.1) is 26.6 Å². The fourth-order valence-corrected chi connectivity index (χ4v) is 2.77. The molecule has 0 aliphatic rings. The molecular weight excluding hydrogens is 247 g/mol. The third-order valence-corrected chi connectivity index (χ3v) is 4.13. The van der Waals surface area contributed by atoms with Crippen molar-refractivity contribution in [3.63, 3.8) is 0 Å². The van der Waals surface area contributed by atoms with Crippen LogP contribution in [0.15, 0.2) is 30.3 Å². The van der Waals surface area contributed by atoms with E-state index >= 15 is 0 Å². The van der Waals surface area contributed by atoms with Gasteiger partial charge in [0.25, 0.3) is 0 Å². The first-order valence-electron chi connectivity index (χ1n) is 7.31. The molecule has 0 heterocycles. The van der Waals surface area contributed by atoms with Crippen molar-refractivity contribution in [2.45, 2.75) is 47.0 Å². The number of halogens is 1. The molecule has 106 valence electrons. The van der Waals surface area contributed by atoms with Crippen molar-refractivity contribution in [2.75, 3.05) is 0 Å². The molecule has 0 radical (unpaired) electrons. The Hall–Kier alpha value is -1.63. The van der Waals surface area contributed by atoms with Gasteiger partial charge in [0, 0.05) is 5.56 Å². The van der Waals surface area contributed by atoms with Gasteiger partial charge in [0.05, 0.1) is 0 Å². The minimum absolute atomic E-state index is 0.141. The Morgan fingerprint density at radius 2 is 1.60 bits per heavy atom. The van der Waals surface area contributed by atoms with Gasteiger partial charge in [0.1, 0.15) is 5.82 Å². The molecule has 1 atom stereocenters. The summed E-state index contributed by atoms with van der Waals surface area (Å²) in [7, 11) is 0. The Labute approximate surface area is 121 Å². The van der Waals surface area contributed by atoms with Gasteiger partial charge in [-0.25, -0.2) is 4.39 Å². The molecule has 0 saturated heterocycles. The molecule has 1 unspecified atom stereocenters. The highest BCUT2D eigenvalue weighted by atomic mass is 19.1. The van der Waals surface area contributed by atoms with E-state index in [4.69, 9.17) is 0 Å². The van der Waals surface area contributed by atoms with Crippen LogP contribution in [0.4, 0.5) is 4.39 Å². The average Bonchev–Trinajstić information content (AvgIpc) is 2.40. The third-order valence-electron chi connectivity index (χ3n) is 4.13. The van der Waals surface area contributed by atoms with Gasteiger partial charge < -0.3 is 0 Å². The predicted molar refractivity (Wildman–Crippen MR) is 84.8 cm³/mol. The highest BCUT2D eigenvalue weighted by molar-refractivity contribution is 5.72. The van der Waals surface area contributed by atoms with E-state index in [1.807, 2.05) is 19.1 Å². The summed E-state index contributed by atoms with van der Waals surface area (Å²) in [5, 5.41) is 0. The van der Waals surface area contributed by atoms with Crippen LogP contribution < -0.4 is 0 Å². The minimum atomic E-state index is -0.141. The molecule has 0 aliphatic heterocycles. The molecular formula is C19H23F. The Balaban J connectivity index is 2.61. The van der Waals surface area contributed by atoms with E-state index < -0.39 is 0 Å². The van der Waals surface area contributed by atoms with Gasteiger partial charge in [-0.3, -0.25) is 0 Å². The van der Waals surface area contributed by atoms with Crippen LogP contribution in [0.2, 0.25) is 0 Å². The van der Waals surface area contributed by atoms with Gasteiger partial charge in [-0.1, -0.05) is 37.6 Å². The normalized spacial score (nSPS) is 12.5. The van der Waals surface area contributed by atoms with Gasteiger partial charge in [0.15, 0.2) is 0 Å². The zero-order valence-electron chi connectivity index (χ0n) is 13.0. The molecule has 0 bridgehead atoms. The molecule has 0 nitrogen and oxygen atoms in total. The molecule has 20 heavy (non-hydrogen) atoms. The first kappa shape index (κ1) is 14.8. The maximum Gasteiger partial charge on any atom is 0.131 e. The van der Waals surface area contributed by atoms with E-state index in [-0.39, 0.29) is 5.82 Å². The fraction of sp³-hybridized carbons (Fsp3) is 0.368. The Morgan fingerprint density at radius 3 is 2.15 bits per heavy atom. The maximum atomic E-state index is 14.1. The van der Waals surface area contributed by atoms with Crippen molar-refractivity contribution < 1.29 is 4.39 Å². The second kappa shape index (κ2) is 5.78. The summed E-state index contributed by atoms with van der Waals surface area (Å²) in [6.07, 6.45) is 1.12. The monoisotopic (exact) mass is 270 g/mol. The summed E-state index contributed by atoms with van der Waals surface area (Å²) < 4.78 is 14.1. The fourth-order valence-electron chi connectivity index (χ4n) is 2.77. The summed E-state index contributed by atoms with van der Waals surface area (Å²) in [5.74, 6) is 0.405. The molecule has 2 rings (SSSR count). The number of benzene rings is 2.